The number of fused-ring (bicyclic) bond motifs is 1. The minimum absolute atomic E-state index is 0.0739. The number of aromatic nitrogens is 3. The van der Waals surface area contributed by atoms with Gasteiger partial charge in [-0.15, -0.1) is 0 Å². The van der Waals surface area contributed by atoms with E-state index in [9.17, 15) is 4.79 Å². The second-order valence-corrected chi connectivity index (χ2v) is 6.53. The largest absolute Gasteiger partial charge is 0.345 e. The zero-order valence-corrected chi connectivity index (χ0v) is 15.0. The minimum Gasteiger partial charge on any atom is -0.345 e. The molecule has 1 atom stereocenters. The zero-order chi connectivity index (χ0) is 18.6. The lowest BCUT2D eigenvalue weighted by molar-refractivity contribution is 0.0939. The van der Waals surface area contributed by atoms with Crippen LogP contribution in [0.1, 0.15) is 34.5 Å². The Bertz CT molecular complexity index is 1060. The maximum Gasteiger partial charge on any atom is 0.253 e. The van der Waals surface area contributed by atoms with Crippen molar-refractivity contribution in [3.8, 4) is 0 Å². The standard InChI is InChI=1S/C22H20N4O/c1-16(18-10-6-3-7-11-18)25-22(27)20-12-19-14-24-26(21(19)23-13-20)15-17-8-4-2-5-9-17/h2-14,16H,15H2,1H3,(H,25,27). The van der Waals surface area contributed by atoms with Crippen LogP contribution >= 0.6 is 0 Å². The summed E-state index contributed by atoms with van der Waals surface area (Å²) in [7, 11) is 0. The van der Waals surface area contributed by atoms with E-state index < -0.39 is 0 Å². The van der Waals surface area contributed by atoms with Gasteiger partial charge in [-0.3, -0.25) is 4.79 Å². The molecule has 1 unspecified atom stereocenters. The van der Waals surface area contributed by atoms with Gasteiger partial charge in [0.2, 0.25) is 0 Å². The Morgan fingerprint density at radius 1 is 1.04 bits per heavy atom. The molecule has 4 rings (SSSR count). The van der Waals surface area contributed by atoms with Crippen molar-refractivity contribution >= 4 is 16.9 Å². The smallest absolute Gasteiger partial charge is 0.253 e. The second kappa shape index (κ2) is 7.41. The first-order valence-corrected chi connectivity index (χ1v) is 8.92. The topological polar surface area (TPSA) is 59.8 Å². The average molecular weight is 356 g/mol. The Morgan fingerprint density at radius 3 is 2.48 bits per heavy atom. The first-order valence-electron chi connectivity index (χ1n) is 8.92. The number of amides is 1. The van der Waals surface area contributed by atoms with Gasteiger partial charge >= 0.3 is 0 Å². The number of benzene rings is 2. The van der Waals surface area contributed by atoms with Crippen molar-refractivity contribution in [1.82, 2.24) is 20.1 Å². The molecule has 27 heavy (non-hydrogen) atoms. The molecule has 0 saturated carbocycles. The highest BCUT2D eigenvalue weighted by atomic mass is 16.1. The molecule has 1 amide bonds. The summed E-state index contributed by atoms with van der Waals surface area (Å²) in [6, 6.07) is 21.8. The Kier molecular flexibility index (Phi) is 4.66. The van der Waals surface area contributed by atoms with Gasteiger partial charge in [0.15, 0.2) is 5.65 Å². The van der Waals surface area contributed by atoms with Gasteiger partial charge in [-0.05, 0) is 24.1 Å². The number of rotatable bonds is 5. The third-order valence-electron chi connectivity index (χ3n) is 4.56. The van der Waals surface area contributed by atoms with E-state index in [0.717, 1.165) is 22.2 Å². The average Bonchev–Trinajstić information content (AvgIpc) is 3.11. The fourth-order valence-electron chi connectivity index (χ4n) is 3.07. The van der Waals surface area contributed by atoms with E-state index in [-0.39, 0.29) is 11.9 Å². The highest BCUT2D eigenvalue weighted by Gasteiger charge is 2.14. The van der Waals surface area contributed by atoms with Gasteiger partial charge in [0.1, 0.15) is 0 Å². The van der Waals surface area contributed by atoms with Crippen molar-refractivity contribution in [3.63, 3.8) is 0 Å². The molecule has 0 aliphatic heterocycles. The fraction of sp³-hybridized carbons (Fsp3) is 0.136. The molecule has 0 aliphatic rings. The summed E-state index contributed by atoms with van der Waals surface area (Å²) in [6.07, 6.45) is 3.36. The number of carbonyl (C=O) groups excluding carboxylic acids is 1. The molecule has 2 heterocycles. The maximum absolute atomic E-state index is 12.6. The molecule has 0 spiro atoms. The maximum atomic E-state index is 12.6. The van der Waals surface area contributed by atoms with Crippen molar-refractivity contribution < 1.29 is 4.79 Å². The predicted molar refractivity (Wildman–Crippen MR) is 105 cm³/mol. The molecule has 0 radical (unpaired) electrons. The van der Waals surface area contributed by atoms with Crippen LogP contribution in [0.5, 0.6) is 0 Å². The van der Waals surface area contributed by atoms with Crippen molar-refractivity contribution in [2.24, 2.45) is 0 Å². The minimum atomic E-state index is -0.142. The molecule has 2 aromatic heterocycles. The van der Waals surface area contributed by atoms with Crippen LogP contribution in [-0.4, -0.2) is 20.7 Å². The van der Waals surface area contributed by atoms with E-state index in [1.54, 1.807) is 12.4 Å². The molecule has 2 aromatic carbocycles. The summed E-state index contributed by atoms with van der Waals surface area (Å²) in [5, 5.41) is 8.29. The summed E-state index contributed by atoms with van der Waals surface area (Å²) >= 11 is 0. The molecule has 134 valence electrons. The normalized spacial score (nSPS) is 12.0. The monoisotopic (exact) mass is 356 g/mol. The first-order chi connectivity index (χ1) is 13.2. The number of nitrogens with one attached hydrogen (secondary N) is 1. The third kappa shape index (κ3) is 3.72. The van der Waals surface area contributed by atoms with Gasteiger partial charge in [0.25, 0.3) is 5.91 Å². The van der Waals surface area contributed by atoms with Gasteiger partial charge in [-0.25, -0.2) is 9.67 Å². The van der Waals surface area contributed by atoms with Gasteiger partial charge in [-0.2, -0.15) is 5.10 Å². The van der Waals surface area contributed by atoms with E-state index in [0.29, 0.717) is 12.1 Å². The molecule has 0 saturated heterocycles. The number of nitrogens with zero attached hydrogens (tertiary/aromatic N) is 3. The van der Waals surface area contributed by atoms with Crippen LogP contribution in [0.3, 0.4) is 0 Å². The predicted octanol–water partition coefficient (Wildman–Crippen LogP) is 3.97. The lowest BCUT2D eigenvalue weighted by Crippen LogP contribution is -2.26. The lowest BCUT2D eigenvalue weighted by atomic mass is 10.1. The molecule has 0 fully saturated rings. The van der Waals surface area contributed by atoms with Crippen LogP contribution in [0.4, 0.5) is 0 Å². The van der Waals surface area contributed by atoms with E-state index >= 15 is 0 Å². The van der Waals surface area contributed by atoms with Crippen LogP contribution in [-0.2, 0) is 6.54 Å². The fourth-order valence-corrected chi connectivity index (χ4v) is 3.07. The molecule has 0 aliphatic carbocycles. The molecule has 5 heteroatoms. The molecule has 0 bridgehead atoms. The van der Waals surface area contributed by atoms with Gasteiger partial charge in [0.05, 0.1) is 24.3 Å². The van der Waals surface area contributed by atoms with E-state index in [4.69, 9.17) is 0 Å². The van der Waals surface area contributed by atoms with Crippen molar-refractivity contribution in [2.75, 3.05) is 0 Å². The highest BCUT2D eigenvalue weighted by molar-refractivity contribution is 5.97. The summed E-state index contributed by atoms with van der Waals surface area (Å²) in [5.41, 5.74) is 3.52. The van der Waals surface area contributed by atoms with E-state index in [1.807, 2.05) is 66.2 Å². The molecule has 4 aromatic rings. The van der Waals surface area contributed by atoms with E-state index in [2.05, 4.69) is 27.5 Å². The van der Waals surface area contributed by atoms with Crippen LogP contribution in [0.15, 0.2) is 79.1 Å². The summed E-state index contributed by atoms with van der Waals surface area (Å²) in [4.78, 5) is 17.1. The number of hydrogen-bond acceptors (Lipinski definition) is 3. The van der Waals surface area contributed by atoms with Crippen LogP contribution < -0.4 is 5.32 Å². The molecule has 5 nitrogen and oxygen atoms in total. The second-order valence-electron chi connectivity index (χ2n) is 6.53. The molecular formula is C22H20N4O. The lowest BCUT2D eigenvalue weighted by Gasteiger charge is -2.14. The van der Waals surface area contributed by atoms with Crippen molar-refractivity contribution in [2.45, 2.75) is 19.5 Å². The Balaban J connectivity index is 1.53. The van der Waals surface area contributed by atoms with Crippen LogP contribution in [0.2, 0.25) is 0 Å². The summed E-state index contributed by atoms with van der Waals surface area (Å²) in [5.74, 6) is -0.142. The Morgan fingerprint density at radius 2 is 1.74 bits per heavy atom. The van der Waals surface area contributed by atoms with Crippen LogP contribution in [0, 0.1) is 0 Å². The third-order valence-corrected chi connectivity index (χ3v) is 4.56. The van der Waals surface area contributed by atoms with Gasteiger partial charge in [-0.1, -0.05) is 60.7 Å². The summed E-state index contributed by atoms with van der Waals surface area (Å²) < 4.78 is 1.85. The zero-order valence-electron chi connectivity index (χ0n) is 15.0. The quantitative estimate of drug-likeness (QED) is 0.589. The number of carbonyl (C=O) groups is 1. The Hall–Kier alpha value is -3.47. The van der Waals surface area contributed by atoms with Gasteiger partial charge < -0.3 is 5.32 Å². The number of pyridine rings is 1. The number of hydrogen-bond donors (Lipinski definition) is 1. The molecular weight excluding hydrogens is 336 g/mol. The van der Waals surface area contributed by atoms with Crippen LogP contribution in [0.25, 0.3) is 11.0 Å². The van der Waals surface area contributed by atoms with Gasteiger partial charge in [0, 0.05) is 11.6 Å². The Labute approximate surface area is 157 Å². The van der Waals surface area contributed by atoms with Crippen molar-refractivity contribution in [1.29, 1.82) is 0 Å². The summed E-state index contributed by atoms with van der Waals surface area (Å²) in [6.45, 7) is 2.62. The SMILES string of the molecule is CC(NC(=O)c1cnc2c(cnn2Cc2ccccc2)c1)c1ccccc1. The first kappa shape index (κ1) is 17.0. The van der Waals surface area contributed by atoms with Crippen molar-refractivity contribution in [3.05, 3.63) is 95.8 Å². The highest BCUT2D eigenvalue weighted by Crippen LogP contribution is 2.16. The van der Waals surface area contributed by atoms with E-state index in [1.165, 1.54) is 0 Å². The molecule has 1 N–H and O–H groups in total.